The lowest BCUT2D eigenvalue weighted by Crippen LogP contribution is -2.15. The van der Waals surface area contributed by atoms with E-state index >= 15 is 0 Å². The normalized spacial score (nSPS) is 14.3. The predicted octanol–water partition coefficient (Wildman–Crippen LogP) is 5.95. The Balaban J connectivity index is 1.41. The number of carbonyl (C=O) groups excluding carboxylic acids is 1. The van der Waals surface area contributed by atoms with Crippen molar-refractivity contribution in [2.24, 2.45) is 0 Å². The summed E-state index contributed by atoms with van der Waals surface area (Å²) in [5, 5.41) is 0.637. The van der Waals surface area contributed by atoms with Crippen LogP contribution in [0.25, 0.3) is 22.0 Å². The van der Waals surface area contributed by atoms with Crippen LogP contribution in [0.3, 0.4) is 0 Å². The second kappa shape index (κ2) is 9.13. The molecule has 0 fully saturated rings. The van der Waals surface area contributed by atoms with Crippen LogP contribution in [-0.4, -0.2) is 31.3 Å². The molecule has 0 saturated carbocycles. The van der Waals surface area contributed by atoms with Crippen molar-refractivity contribution < 1.29 is 41.7 Å². The Morgan fingerprint density at radius 1 is 0.895 bits per heavy atom. The molecule has 0 unspecified atom stereocenters. The largest absolute Gasteiger partial charge is 0.493 e. The van der Waals surface area contributed by atoms with Gasteiger partial charge in [-0.1, -0.05) is 18.2 Å². The number of halogens is 3. The highest BCUT2D eigenvalue weighted by Gasteiger charge is 2.31. The number of aromatic nitrogens is 1. The number of hydrogen-bond donors (Lipinski definition) is 0. The summed E-state index contributed by atoms with van der Waals surface area (Å²) in [6.45, 7) is 0.927. The Hall–Kier alpha value is -4.47. The molecule has 0 bridgehead atoms. The fourth-order valence-corrected chi connectivity index (χ4v) is 4.57. The van der Waals surface area contributed by atoms with Gasteiger partial charge in [0.25, 0.3) is 0 Å². The van der Waals surface area contributed by atoms with Gasteiger partial charge in [-0.05, 0) is 41.5 Å². The van der Waals surface area contributed by atoms with Gasteiger partial charge in [-0.15, -0.1) is 0 Å². The Labute approximate surface area is 214 Å². The molecule has 0 atom stereocenters. The fraction of sp³-hybridized carbons (Fsp3) is 0.214. The van der Waals surface area contributed by atoms with Gasteiger partial charge in [0, 0.05) is 17.0 Å². The van der Waals surface area contributed by atoms with E-state index in [9.17, 15) is 18.0 Å². The molecule has 6 rings (SSSR count). The molecule has 3 aromatic carbocycles. The number of ether oxygens (including phenoxy) is 5. The minimum absolute atomic E-state index is 0.0154. The van der Waals surface area contributed by atoms with Crippen LogP contribution in [0.15, 0.2) is 54.6 Å². The van der Waals surface area contributed by atoms with Gasteiger partial charge in [0.05, 0.1) is 29.4 Å². The molecule has 3 heterocycles. The number of benzene rings is 3. The average molecular weight is 523 g/mol. The number of carbonyl (C=O) groups is 1. The molecular weight excluding hydrogens is 503 g/mol. The first-order valence-corrected chi connectivity index (χ1v) is 11.7. The number of nitrogens with zero attached hydrogens (tertiary/aromatic N) is 1. The minimum atomic E-state index is -4.41. The molecule has 4 aromatic rings. The Morgan fingerprint density at radius 3 is 2.39 bits per heavy atom. The second-order valence-electron chi connectivity index (χ2n) is 8.75. The van der Waals surface area contributed by atoms with Gasteiger partial charge in [0.2, 0.25) is 0 Å². The zero-order chi connectivity index (χ0) is 26.4. The summed E-state index contributed by atoms with van der Waals surface area (Å²) < 4.78 is 66.8. The van der Waals surface area contributed by atoms with Gasteiger partial charge in [-0.3, -0.25) is 0 Å². The first-order valence-electron chi connectivity index (χ1n) is 11.7. The Bertz CT molecular complexity index is 1570. The highest BCUT2D eigenvalue weighted by atomic mass is 19.4. The molecule has 7 nitrogen and oxygen atoms in total. The number of fused-ring (bicyclic) bond motifs is 3. The van der Waals surface area contributed by atoms with E-state index in [2.05, 4.69) is 4.98 Å². The number of hydrogen-bond acceptors (Lipinski definition) is 7. The fourth-order valence-electron chi connectivity index (χ4n) is 4.57. The molecule has 0 amide bonds. The van der Waals surface area contributed by atoms with E-state index in [0.29, 0.717) is 69.5 Å². The third-order valence-electron chi connectivity index (χ3n) is 6.40. The van der Waals surface area contributed by atoms with Crippen molar-refractivity contribution in [3.8, 4) is 34.1 Å². The molecule has 10 heteroatoms. The van der Waals surface area contributed by atoms with Crippen molar-refractivity contribution in [2.45, 2.75) is 19.4 Å². The molecule has 194 valence electrons. The summed E-state index contributed by atoms with van der Waals surface area (Å²) in [5.74, 6) is 1.44. The summed E-state index contributed by atoms with van der Waals surface area (Å²) in [5.41, 5.74) is 2.56. The number of rotatable bonds is 5. The van der Waals surface area contributed by atoms with Crippen LogP contribution in [0.4, 0.5) is 13.2 Å². The quantitative estimate of drug-likeness (QED) is 0.299. The molecular formula is C28H20F3NO6. The number of cyclic esters (lactones) is 1. The van der Waals surface area contributed by atoms with Crippen LogP contribution in [0.2, 0.25) is 0 Å². The maximum atomic E-state index is 12.9. The van der Waals surface area contributed by atoms with Crippen LogP contribution in [0.5, 0.6) is 23.0 Å². The molecule has 0 spiro atoms. The zero-order valence-electron chi connectivity index (χ0n) is 20.1. The average Bonchev–Trinajstić information content (AvgIpc) is 3.29. The number of alkyl halides is 3. The second-order valence-corrected chi connectivity index (χ2v) is 8.75. The van der Waals surface area contributed by atoms with Gasteiger partial charge in [-0.25, -0.2) is 9.78 Å². The predicted molar refractivity (Wildman–Crippen MR) is 130 cm³/mol. The van der Waals surface area contributed by atoms with Gasteiger partial charge >= 0.3 is 12.1 Å². The van der Waals surface area contributed by atoms with E-state index in [-0.39, 0.29) is 13.2 Å². The van der Waals surface area contributed by atoms with E-state index in [1.165, 1.54) is 19.2 Å². The molecule has 0 aliphatic carbocycles. The molecule has 38 heavy (non-hydrogen) atoms. The van der Waals surface area contributed by atoms with Gasteiger partial charge in [0.15, 0.2) is 23.0 Å². The maximum absolute atomic E-state index is 12.9. The summed E-state index contributed by atoms with van der Waals surface area (Å²) in [4.78, 5) is 17.4. The van der Waals surface area contributed by atoms with Crippen molar-refractivity contribution >= 4 is 16.9 Å². The highest BCUT2D eigenvalue weighted by molar-refractivity contribution is 6.09. The van der Waals surface area contributed by atoms with Crippen molar-refractivity contribution in [1.29, 1.82) is 0 Å². The number of esters is 1. The maximum Gasteiger partial charge on any atom is 0.416 e. The SMILES string of the molecule is COc1cc2c(-c3ccc4c(c3)OCCO4)c3c(nc2cc1OCc1ccc(C(F)(F)F)cc1)COC3=O. The standard InChI is InChI=1S/C28H20F3NO6/c1-34-22-11-18-19(12-24(22)37-13-15-2-5-17(6-3-15)28(29,30)31)32-20-14-38-27(33)26(20)25(18)16-4-7-21-23(10-16)36-9-8-35-21/h2-7,10-12H,8-9,13-14H2,1H3. The van der Waals surface area contributed by atoms with Crippen LogP contribution < -0.4 is 18.9 Å². The summed E-state index contributed by atoms with van der Waals surface area (Å²) in [7, 11) is 1.48. The first-order chi connectivity index (χ1) is 18.3. The lowest BCUT2D eigenvalue weighted by Gasteiger charge is -2.20. The van der Waals surface area contributed by atoms with Gasteiger partial charge in [-0.2, -0.15) is 13.2 Å². The molecule has 0 N–H and O–H groups in total. The lowest BCUT2D eigenvalue weighted by atomic mass is 9.94. The molecule has 2 aliphatic heterocycles. The van der Waals surface area contributed by atoms with E-state index in [0.717, 1.165) is 17.7 Å². The lowest BCUT2D eigenvalue weighted by molar-refractivity contribution is -0.137. The van der Waals surface area contributed by atoms with Crippen molar-refractivity contribution in [1.82, 2.24) is 4.98 Å². The van der Waals surface area contributed by atoms with E-state index < -0.39 is 17.7 Å². The van der Waals surface area contributed by atoms with Crippen molar-refractivity contribution in [2.75, 3.05) is 20.3 Å². The van der Waals surface area contributed by atoms with Crippen LogP contribution in [0, 0.1) is 0 Å². The monoisotopic (exact) mass is 523 g/mol. The molecule has 2 aliphatic rings. The molecule has 1 aromatic heterocycles. The number of pyridine rings is 1. The van der Waals surface area contributed by atoms with Crippen molar-refractivity contribution in [3.05, 3.63) is 77.0 Å². The Kier molecular flexibility index (Phi) is 5.74. The summed E-state index contributed by atoms with van der Waals surface area (Å²) in [6, 6.07) is 13.6. The van der Waals surface area contributed by atoms with Gasteiger partial charge in [0.1, 0.15) is 26.4 Å². The first kappa shape index (κ1) is 23.9. The topological polar surface area (TPSA) is 76.1 Å². The smallest absolute Gasteiger partial charge is 0.416 e. The molecule has 0 radical (unpaired) electrons. The highest BCUT2D eigenvalue weighted by Crippen LogP contribution is 2.43. The third-order valence-corrected chi connectivity index (χ3v) is 6.40. The number of methoxy groups -OCH3 is 1. The third kappa shape index (κ3) is 4.21. The van der Waals surface area contributed by atoms with Crippen LogP contribution in [0.1, 0.15) is 27.2 Å². The van der Waals surface area contributed by atoms with Crippen LogP contribution >= 0.6 is 0 Å². The van der Waals surface area contributed by atoms with Crippen LogP contribution in [-0.2, 0) is 24.1 Å². The van der Waals surface area contributed by atoms with Crippen molar-refractivity contribution in [3.63, 3.8) is 0 Å². The summed E-state index contributed by atoms with van der Waals surface area (Å²) >= 11 is 0. The van der Waals surface area contributed by atoms with E-state index in [4.69, 9.17) is 23.7 Å². The Morgan fingerprint density at radius 2 is 1.66 bits per heavy atom. The zero-order valence-corrected chi connectivity index (χ0v) is 20.1. The summed E-state index contributed by atoms with van der Waals surface area (Å²) in [6.07, 6.45) is -4.41. The van der Waals surface area contributed by atoms with E-state index in [1.807, 2.05) is 12.1 Å². The molecule has 0 saturated heterocycles. The minimum Gasteiger partial charge on any atom is -0.493 e. The van der Waals surface area contributed by atoms with Gasteiger partial charge < -0.3 is 23.7 Å². The van der Waals surface area contributed by atoms with E-state index in [1.54, 1.807) is 18.2 Å².